The molecule has 0 aliphatic rings. The molecule has 0 saturated heterocycles. The summed E-state index contributed by atoms with van der Waals surface area (Å²) >= 11 is 0. The molecule has 0 aromatic heterocycles. The van der Waals surface area contributed by atoms with E-state index < -0.39 is 6.04 Å². The number of carbonyl (C=O) groups excluding carboxylic acids is 1. The van der Waals surface area contributed by atoms with Crippen molar-refractivity contribution in [2.75, 3.05) is 20.3 Å². The Kier molecular flexibility index (Phi) is 7.79. The SMILES string of the molecule is CCc1ccc(C(CO)NC(=O)NC(CC)COC)cc1. The summed E-state index contributed by atoms with van der Waals surface area (Å²) in [6.45, 7) is 4.40. The molecular weight excluding hydrogens is 268 g/mol. The number of nitrogens with one attached hydrogen (secondary N) is 2. The maximum Gasteiger partial charge on any atom is 0.315 e. The van der Waals surface area contributed by atoms with E-state index in [-0.39, 0.29) is 18.7 Å². The Balaban J connectivity index is 2.61. The van der Waals surface area contributed by atoms with Gasteiger partial charge in [0.25, 0.3) is 0 Å². The number of benzene rings is 1. The summed E-state index contributed by atoms with van der Waals surface area (Å²) in [5.74, 6) is 0. The van der Waals surface area contributed by atoms with Crippen molar-refractivity contribution >= 4 is 6.03 Å². The highest BCUT2D eigenvalue weighted by Gasteiger charge is 2.16. The molecule has 21 heavy (non-hydrogen) atoms. The predicted molar refractivity (Wildman–Crippen MR) is 83.3 cm³/mol. The van der Waals surface area contributed by atoms with Crippen LogP contribution in [0.15, 0.2) is 24.3 Å². The van der Waals surface area contributed by atoms with Crippen LogP contribution in [0.3, 0.4) is 0 Å². The molecule has 5 nitrogen and oxygen atoms in total. The highest BCUT2D eigenvalue weighted by Crippen LogP contribution is 2.14. The third-order valence-corrected chi connectivity index (χ3v) is 3.47. The monoisotopic (exact) mass is 294 g/mol. The lowest BCUT2D eigenvalue weighted by Gasteiger charge is -2.21. The van der Waals surface area contributed by atoms with E-state index in [9.17, 15) is 9.90 Å². The molecule has 1 aromatic carbocycles. The van der Waals surface area contributed by atoms with Crippen molar-refractivity contribution in [2.45, 2.75) is 38.8 Å². The molecule has 0 radical (unpaired) electrons. The van der Waals surface area contributed by atoms with Crippen LogP contribution in [0, 0.1) is 0 Å². The molecule has 0 aliphatic heterocycles. The molecule has 0 aliphatic carbocycles. The van der Waals surface area contributed by atoms with Crippen molar-refractivity contribution in [1.82, 2.24) is 10.6 Å². The van der Waals surface area contributed by atoms with Gasteiger partial charge in [0, 0.05) is 7.11 Å². The number of methoxy groups -OCH3 is 1. The third-order valence-electron chi connectivity index (χ3n) is 3.47. The number of amides is 2. The largest absolute Gasteiger partial charge is 0.394 e. The number of aliphatic hydroxyl groups excluding tert-OH is 1. The first kappa shape index (κ1) is 17.5. The van der Waals surface area contributed by atoms with Crippen molar-refractivity contribution in [3.8, 4) is 0 Å². The van der Waals surface area contributed by atoms with Gasteiger partial charge in [-0.1, -0.05) is 38.1 Å². The highest BCUT2D eigenvalue weighted by atomic mass is 16.5. The maximum absolute atomic E-state index is 12.0. The number of rotatable bonds is 8. The quantitative estimate of drug-likeness (QED) is 0.687. The number of aryl methyl sites for hydroxylation is 1. The Morgan fingerprint density at radius 3 is 2.38 bits per heavy atom. The summed E-state index contributed by atoms with van der Waals surface area (Å²) in [5.41, 5.74) is 2.12. The number of hydrogen-bond acceptors (Lipinski definition) is 3. The van der Waals surface area contributed by atoms with Crippen molar-refractivity contribution in [1.29, 1.82) is 0 Å². The van der Waals surface area contributed by atoms with Crippen LogP contribution in [0.1, 0.15) is 37.4 Å². The average molecular weight is 294 g/mol. The van der Waals surface area contributed by atoms with Crippen LogP contribution in [-0.4, -0.2) is 37.5 Å². The molecular formula is C16H26N2O3. The summed E-state index contributed by atoms with van der Waals surface area (Å²) in [6.07, 6.45) is 1.75. The van der Waals surface area contributed by atoms with Gasteiger partial charge in [-0.15, -0.1) is 0 Å². The van der Waals surface area contributed by atoms with Gasteiger partial charge >= 0.3 is 6.03 Å². The fourth-order valence-electron chi connectivity index (χ4n) is 2.07. The molecule has 0 fully saturated rings. The molecule has 3 N–H and O–H groups in total. The Hall–Kier alpha value is -1.59. The van der Waals surface area contributed by atoms with E-state index in [4.69, 9.17) is 4.74 Å². The normalized spacial score (nSPS) is 13.5. The van der Waals surface area contributed by atoms with Crippen LogP contribution < -0.4 is 10.6 Å². The van der Waals surface area contributed by atoms with Gasteiger partial charge in [0.15, 0.2) is 0 Å². The first-order valence-electron chi connectivity index (χ1n) is 7.40. The number of ether oxygens (including phenoxy) is 1. The number of hydrogen-bond donors (Lipinski definition) is 3. The number of carbonyl (C=O) groups is 1. The van der Waals surface area contributed by atoms with Gasteiger partial charge in [-0.25, -0.2) is 4.79 Å². The second-order valence-corrected chi connectivity index (χ2v) is 5.01. The van der Waals surface area contributed by atoms with Gasteiger partial charge in [-0.2, -0.15) is 0 Å². The van der Waals surface area contributed by atoms with E-state index in [2.05, 4.69) is 17.6 Å². The summed E-state index contributed by atoms with van der Waals surface area (Å²) < 4.78 is 5.05. The molecule has 0 heterocycles. The van der Waals surface area contributed by atoms with E-state index in [1.54, 1.807) is 7.11 Å². The van der Waals surface area contributed by atoms with Crippen molar-refractivity contribution in [2.24, 2.45) is 0 Å². The molecule has 2 atom stereocenters. The van der Waals surface area contributed by atoms with Gasteiger partial charge < -0.3 is 20.5 Å². The van der Waals surface area contributed by atoms with Gasteiger partial charge in [0.05, 0.1) is 25.3 Å². The zero-order valence-electron chi connectivity index (χ0n) is 13.1. The summed E-state index contributed by atoms with van der Waals surface area (Å²) in [5, 5.41) is 15.1. The van der Waals surface area contributed by atoms with Crippen LogP contribution in [0.4, 0.5) is 4.79 Å². The maximum atomic E-state index is 12.0. The second-order valence-electron chi connectivity index (χ2n) is 5.01. The van der Waals surface area contributed by atoms with Gasteiger partial charge in [0.2, 0.25) is 0 Å². The molecule has 0 spiro atoms. The Morgan fingerprint density at radius 2 is 1.90 bits per heavy atom. The first-order chi connectivity index (χ1) is 10.1. The highest BCUT2D eigenvalue weighted by molar-refractivity contribution is 5.74. The van der Waals surface area contributed by atoms with Gasteiger partial charge in [0.1, 0.15) is 0 Å². The van der Waals surface area contributed by atoms with Crippen molar-refractivity contribution < 1.29 is 14.6 Å². The van der Waals surface area contributed by atoms with Crippen LogP contribution in [0.2, 0.25) is 0 Å². The first-order valence-corrected chi connectivity index (χ1v) is 7.40. The fourth-order valence-corrected chi connectivity index (χ4v) is 2.07. The van der Waals surface area contributed by atoms with E-state index >= 15 is 0 Å². The van der Waals surface area contributed by atoms with Gasteiger partial charge in [-0.3, -0.25) is 0 Å². The standard InChI is InChI=1S/C16H26N2O3/c1-4-12-6-8-13(9-7-12)15(10-19)18-16(20)17-14(5-2)11-21-3/h6-9,14-15,19H,4-5,10-11H2,1-3H3,(H2,17,18,20). The van der Waals surface area contributed by atoms with Crippen molar-refractivity contribution in [3.05, 3.63) is 35.4 Å². The lowest BCUT2D eigenvalue weighted by molar-refractivity contribution is 0.161. The molecule has 2 amide bonds. The minimum Gasteiger partial charge on any atom is -0.394 e. The van der Waals surface area contributed by atoms with Crippen LogP contribution >= 0.6 is 0 Å². The average Bonchev–Trinajstić information content (AvgIpc) is 2.52. The molecule has 1 aromatic rings. The van der Waals surface area contributed by atoms with Crippen LogP contribution in [0.5, 0.6) is 0 Å². The molecule has 1 rings (SSSR count). The minimum absolute atomic E-state index is 0.0307. The molecule has 118 valence electrons. The number of urea groups is 1. The summed E-state index contributed by atoms with van der Waals surface area (Å²) in [6, 6.07) is 7.17. The van der Waals surface area contributed by atoms with E-state index in [1.165, 1.54) is 5.56 Å². The zero-order chi connectivity index (χ0) is 15.7. The Bertz CT molecular complexity index is 420. The lowest BCUT2D eigenvalue weighted by Crippen LogP contribution is -2.45. The fraction of sp³-hybridized carbons (Fsp3) is 0.562. The number of aliphatic hydroxyl groups is 1. The molecule has 5 heteroatoms. The lowest BCUT2D eigenvalue weighted by atomic mass is 10.0. The van der Waals surface area contributed by atoms with Crippen LogP contribution in [0.25, 0.3) is 0 Å². The van der Waals surface area contributed by atoms with E-state index in [1.807, 2.05) is 31.2 Å². The van der Waals surface area contributed by atoms with Crippen molar-refractivity contribution in [3.63, 3.8) is 0 Å². The molecule has 2 unspecified atom stereocenters. The molecule has 0 bridgehead atoms. The van der Waals surface area contributed by atoms with E-state index in [0.29, 0.717) is 6.61 Å². The van der Waals surface area contributed by atoms with E-state index in [0.717, 1.165) is 18.4 Å². The second kappa shape index (κ2) is 9.37. The third kappa shape index (κ3) is 5.73. The smallest absolute Gasteiger partial charge is 0.315 e. The topological polar surface area (TPSA) is 70.6 Å². The predicted octanol–water partition coefficient (Wildman–Crippen LogP) is 2.01. The summed E-state index contributed by atoms with van der Waals surface area (Å²) in [7, 11) is 1.61. The zero-order valence-corrected chi connectivity index (χ0v) is 13.1. The molecule has 0 saturated carbocycles. The minimum atomic E-state index is -0.407. The van der Waals surface area contributed by atoms with Gasteiger partial charge in [-0.05, 0) is 24.0 Å². The Labute approximate surface area is 126 Å². The Morgan fingerprint density at radius 1 is 1.24 bits per heavy atom. The summed E-state index contributed by atoms with van der Waals surface area (Å²) in [4.78, 5) is 12.0. The van der Waals surface area contributed by atoms with Crippen LogP contribution in [-0.2, 0) is 11.2 Å².